The number of pyridine rings is 1. The van der Waals surface area contributed by atoms with Crippen LogP contribution in [0.3, 0.4) is 0 Å². The molecule has 0 aliphatic heterocycles. The third-order valence-electron chi connectivity index (χ3n) is 3.39. The largest absolute Gasteiger partial charge is 0.477 e. The molecule has 4 nitrogen and oxygen atoms in total. The highest BCUT2D eigenvalue weighted by Gasteiger charge is 2.15. The summed E-state index contributed by atoms with van der Waals surface area (Å²) >= 11 is 0. The summed E-state index contributed by atoms with van der Waals surface area (Å²) in [4.78, 5) is 15.8. The lowest BCUT2D eigenvalue weighted by Gasteiger charge is -2.08. The van der Waals surface area contributed by atoms with Crippen LogP contribution in [-0.4, -0.2) is 20.5 Å². The van der Waals surface area contributed by atoms with E-state index in [1.54, 1.807) is 22.7 Å². The lowest BCUT2D eigenvalue weighted by atomic mass is 10.1. The third kappa shape index (κ3) is 1.86. The number of carbonyl (C=O) groups is 1. The minimum absolute atomic E-state index is 0.218. The van der Waals surface area contributed by atoms with Crippen molar-refractivity contribution in [1.29, 1.82) is 0 Å². The maximum atomic E-state index is 11.4. The molecular weight excluding hydrogens is 252 g/mol. The van der Waals surface area contributed by atoms with Crippen LogP contribution in [0.2, 0.25) is 0 Å². The summed E-state index contributed by atoms with van der Waals surface area (Å²) in [6, 6.07) is 11.2. The van der Waals surface area contributed by atoms with Crippen LogP contribution in [0.25, 0.3) is 16.9 Å². The molecule has 0 spiro atoms. The predicted octanol–water partition coefficient (Wildman–Crippen LogP) is 3.32. The van der Waals surface area contributed by atoms with Crippen molar-refractivity contribution in [2.24, 2.45) is 0 Å². The Balaban J connectivity index is 2.34. The van der Waals surface area contributed by atoms with Crippen molar-refractivity contribution in [3.8, 4) is 11.4 Å². The molecule has 0 unspecified atom stereocenters. The first-order valence-corrected chi connectivity index (χ1v) is 6.35. The van der Waals surface area contributed by atoms with Gasteiger partial charge in [0.1, 0.15) is 11.5 Å². The van der Waals surface area contributed by atoms with Crippen LogP contribution in [0, 0.1) is 13.8 Å². The van der Waals surface area contributed by atoms with Gasteiger partial charge in [0.15, 0.2) is 0 Å². The molecule has 100 valence electrons. The highest BCUT2D eigenvalue weighted by molar-refractivity contribution is 5.88. The Bertz CT molecular complexity index is 818. The zero-order chi connectivity index (χ0) is 14.3. The van der Waals surface area contributed by atoms with Gasteiger partial charge in [-0.05, 0) is 31.5 Å². The van der Waals surface area contributed by atoms with E-state index in [-0.39, 0.29) is 5.69 Å². The van der Waals surface area contributed by atoms with Gasteiger partial charge < -0.3 is 5.11 Å². The number of hydrogen-bond acceptors (Lipinski definition) is 2. The topological polar surface area (TPSA) is 54.6 Å². The molecule has 3 rings (SSSR count). The molecule has 0 saturated carbocycles. The number of benzene rings is 1. The van der Waals surface area contributed by atoms with Crippen molar-refractivity contribution in [3.05, 3.63) is 59.4 Å². The Kier molecular flexibility index (Phi) is 2.79. The molecule has 0 bridgehead atoms. The number of fused-ring (bicyclic) bond motifs is 1. The van der Waals surface area contributed by atoms with Crippen LogP contribution < -0.4 is 0 Å². The first-order valence-electron chi connectivity index (χ1n) is 6.35. The molecule has 1 N–H and O–H groups in total. The molecule has 3 aromatic rings. The number of aromatic carboxylic acids is 1. The van der Waals surface area contributed by atoms with Crippen molar-refractivity contribution < 1.29 is 9.90 Å². The highest BCUT2D eigenvalue weighted by atomic mass is 16.4. The Morgan fingerprint density at radius 3 is 2.70 bits per heavy atom. The number of carboxylic acid groups (broad SMARTS) is 1. The molecule has 1 aromatic carbocycles. The fourth-order valence-corrected chi connectivity index (χ4v) is 2.47. The van der Waals surface area contributed by atoms with Gasteiger partial charge in [-0.1, -0.05) is 29.8 Å². The summed E-state index contributed by atoms with van der Waals surface area (Å²) in [5.41, 5.74) is 4.20. The fourth-order valence-electron chi connectivity index (χ4n) is 2.47. The second-order valence-corrected chi connectivity index (χ2v) is 4.88. The van der Waals surface area contributed by atoms with Gasteiger partial charge in [0.2, 0.25) is 0 Å². The van der Waals surface area contributed by atoms with Crippen LogP contribution in [-0.2, 0) is 0 Å². The first kappa shape index (κ1) is 12.4. The molecule has 0 saturated heterocycles. The monoisotopic (exact) mass is 266 g/mol. The van der Waals surface area contributed by atoms with E-state index >= 15 is 0 Å². The van der Waals surface area contributed by atoms with Crippen molar-refractivity contribution in [1.82, 2.24) is 9.38 Å². The summed E-state index contributed by atoms with van der Waals surface area (Å²) in [7, 11) is 0. The van der Waals surface area contributed by atoms with E-state index in [4.69, 9.17) is 0 Å². The minimum Gasteiger partial charge on any atom is -0.477 e. The van der Waals surface area contributed by atoms with Crippen molar-refractivity contribution in [2.75, 3.05) is 0 Å². The molecule has 0 atom stereocenters. The predicted molar refractivity (Wildman–Crippen MR) is 77.1 cm³/mol. The van der Waals surface area contributed by atoms with E-state index in [9.17, 15) is 9.90 Å². The van der Waals surface area contributed by atoms with Gasteiger partial charge in [0, 0.05) is 5.56 Å². The Morgan fingerprint density at radius 2 is 2.00 bits per heavy atom. The van der Waals surface area contributed by atoms with E-state index in [0.717, 1.165) is 16.6 Å². The molecule has 0 radical (unpaired) electrons. The molecular formula is C16H14N2O2. The summed E-state index contributed by atoms with van der Waals surface area (Å²) in [5, 5.41) is 9.34. The second-order valence-electron chi connectivity index (χ2n) is 4.88. The molecule has 0 aliphatic carbocycles. The van der Waals surface area contributed by atoms with E-state index in [0.29, 0.717) is 5.82 Å². The Morgan fingerprint density at radius 1 is 1.20 bits per heavy atom. The number of nitrogens with zero attached hydrogens (tertiary/aromatic N) is 2. The minimum atomic E-state index is -0.959. The normalized spacial score (nSPS) is 10.9. The molecule has 4 heteroatoms. The Hall–Kier alpha value is -2.62. The number of aromatic nitrogens is 2. The maximum Gasteiger partial charge on any atom is 0.352 e. The van der Waals surface area contributed by atoms with E-state index in [2.05, 4.69) is 11.1 Å². The quantitative estimate of drug-likeness (QED) is 0.774. The van der Waals surface area contributed by atoms with Gasteiger partial charge in [0.05, 0.1) is 11.7 Å². The molecule has 2 heterocycles. The fraction of sp³-hybridized carbons (Fsp3) is 0.125. The smallest absolute Gasteiger partial charge is 0.352 e. The third-order valence-corrected chi connectivity index (χ3v) is 3.39. The van der Waals surface area contributed by atoms with E-state index in [1.165, 1.54) is 5.56 Å². The van der Waals surface area contributed by atoms with Gasteiger partial charge in [-0.15, -0.1) is 0 Å². The molecule has 0 amide bonds. The van der Waals surface area contributed by atoms with Gasteiger partial charge in [-0.3, -0.25) is 4.40 Å². The van der Waals surface area contributed by atoms with E-state index < -0.39 is 5.97 Å². The zero-order valence-corrected chi connectivity index (χ0v) is 11.3. The van der Waals surface area contributed by atoms with Crippen molar-refractivity contribution >= 4 is 11.5 Å². The highest BCUT2D eigenvalue weighted by Crippen LogP contribution is 2.25. The Labute approximate surface area is 116 Å². The standard InChI is InChI=1S/C16H14N2O2/c1-10-6-7-13(11(2)8-10)15-17-9-12-4-3-5-14(16(19)20)18(12)15/h3-9H,1-2H3,(H,19,20). The SMILES string of the molecule is Cc1ccc(-c2ncc3cccc(C(=O)O)n23)c(C)c1. The summed E-state index contributed by atoms with van der Waals surface area (Å²) in [5.74, 6) is -0.296. The van der Waals surface area contributed by atoms with Gasteiger partial charge in [0.25, 0.3) is 0 Å². The van der Waals surface area contributed by atoms with Crippen LogP contribution in [0.4, 0.5) is 0 Å². The van der Waals surface area contributed by atoms with Gasteiger partial charge in [-0.2, -0.15) is 0 Å². The number of carboxylic acids is 1. The number of hydrogen-bond donors (Lipinski definition) is 1. The average molecular weight is 266 g/mol. The molecule has 2 aromatic heterocycles. The van der Waals surface area contributed by atoms with Crippen LogP contribution >= 0.6 is 0 Å². The zero-order valence-electron chi connectivity index (χ0n) is 11.3. The number of rotatable bonds is 2. The van der Waals surface area contributed by atoms with Gasteiger partial charge >= 0.3 is 5.97 Å². The second kappa shape index (κ2) is 4.49. The number of imidazole rings is 1. The number of aryl methyl sites for hydroxylation is 2. The van der Waals surface area contributed by atoms with Crippen molar-refractivity contribution in [3.63, 3.8) is 0 Å². The van der Waals surface area contributed by atoms with Gasteiger partial charge in [-0.25, -0.2) is 9.78 Å². The summed E-state index contributed by atoms with van der Waals surface area (Å²) in [6.07, 6.45) is 1.70. The van der Waals surface area contributed by atoms with Crippen LogP contribution in [0.1, 0.15) is 21.6 Å². The summed E-state index contributed by atoms with van der Waals surface area (Å²) in [6.45, 7) is 4.04. The lowest BCUT2D eigenvalue weighted by Crippen LogP contribution is -2.06. The summed E-state index contributed by atoms with van der Waals surface area (Å²) < 4.78 is 1.68. The molecule has 20 heavy (non-hydrogen) atoms. The lowest BCUT2D eigenvalue weighted by molar-refractivity contribution is 0.0689. The average Bonchev–Trinajstić information content (AvgIpc) is 2.82. The molecule has 0 aliphatic rings. The van der Waals surface area contributed by atoms with E-state index in [1.807, 2.05) is 32.0 Å². The van der Waals surface area contributed by atoms with Crippen molar-refractivity contribution in [2.45, 2.75) is 13.8 Å². The van der Waals surface area contributed by atoms with Crippen LogP contribution in [0.15, 0.2) is 42.6 Å². The first-order chi connectivity index (χ1) is 9.58. The molecule has 0 fully saturated rings. The van der Waals surface area contributed by atoms with Crippen LogP contribution in [0.5, 0.6) is 0 Å². The maximum absolute atomic E-state index is 11.4.